The summed E-state index contributed by atoms with van der Waals surface area (Å²) in [5.74, 6) is -7.35. The van der Waals surface area contributed by atoms with Crippen LogP contribution in [0.15, 0.2) is 46.2 Å². The van der Waals surface area contributed by atoms with Gasteiger partial charge in [0.2, 0.25) is 0 Å². The zero-order valence-electron chi connectivity index (χ0n) is 15.6. The molecule has 0 atom stereocenters. The first-order valence-electron chi connectivity index (χ1n) is 7.55. The summed E-state index contributed by atoms with van der Waals surface area (Å²) < 4.78 is 59.9. The van der Waals surface area contributed by atoms with Gasteiger partial charge in [-0.2, -0.15) is 16.8 Å². The first-order valence-corrected chi connectivity index (χ1v) is 10.4. The smallest absolute Gasteiger partial charge is 0.294 e. The number of hydrogen-bond donors (Lipinski definition) is 2. The van der Waals surface area contributed by atoms with Crippen molar-refractivity contribution in [3.05, 3.63) is 58.7 Å². The standard InChI is InChI=1S/2C8H6O7S.Pb/c2*9-7(10)5-2-1-4(16(13,14)15)3-6(5)8(11)12;/h2*1-3H,(H,9,10)(H,11,12)(H,13,14,15);/p-4. The number of carboxylic acids is 4. The Balaban J connectivity index is 0.000000602. The van der Waals surface area contributed by atoms with Crippen LogP contribution in [0.4, 0.5) is 0 Å². The van der Waals surface area contributed by atoms with Crippen LogP contribution in [0.5, 0.6) is 0 Å². The Morgan fingerprint density at radius 3 is 0.970 bits per heavy atom. The molecule has 2 N–H and O–H groups in total. The zero-order valence-corrected chi connectivity index (χ0v) is 21.1. The largest absolute Gasteiger partial charge is 0.545 e. The molecule has 0 aromatic heterocycles. The molecule has 0 saturated carbocycles. The summed E-state index contributed by atoms with van der Waals surface area (Å²) in [6.07, 6.45) is 0. The van der Waals surface area contributed by atoms with Gasteiger partial charge in [-0.05, 0) is 24.3 Å². The predicted octanol–water partition coefficient (Wildman–Crippen LogP) is -5.06. The minimum absolute atomic E-state index is 0. The fraction of sp³-hybridized carbons (Fsp3) is 0. The molecule has 4 radical (unpaired) electrons. The van der Waals surface area contributed by atoms with Crippen molar-refractivity contribution in [2.75, 3.05) is 0 Å². The second-order valence-corrected chi connectivity index (χ2v) is 8.36. The Morgan fingerprint density at radius 2 is 0.788 bits per heavy atom. The van der Waals surface area contributed by atoms with Crippen molar-refractivity contribution < 1.29 is 65.5 Å². The van der Waals surface area contributed by atoms with Gasteiger partial charge in [0.15, 0.2) is 0 Å². The van der Waals surface area contributed by atoms with Crippen LogP contribution in [0.2, 0.25) is 0 Å². The Labute approximate surface area is 204 Å². The molecule has 2 rings (SSSR count). The number of carbonyl (C=O) groups is 4. The van der Waals surface area contributed by atoms with Crippen molar-refractivity contribution in [1.29, 1.82) is 0 Å². The molecule has 0 aliphatic rings. The van der Waals surface area contributed by atoms with E-state index in [-0.39, 0.29) is 27.3 Å². The zero-order chi connectivity index (χ0) is 25.0. The number of carbonyl (C=O) groups excluding carboxylic acids is 4. The molecule has 0 saturated heterocycles. The summed E-state index contributed by atoms with van der Waals surface area (Å²) in [4.78, 5) is 40.5. The van der Waals surface area contributed by atoms with Crippen LogP contribution in [0, 0.1) is 0 Å². The molecule has 0 amide bonds. The van der Waals surface area contributed by atoms with E-state index in [1.807, 2.05) is 0 Å². The Bertz CT molecular complexity index is 1230. The molecule has 176 valence electrons. The quantitative estimate of drug-likeness (QED) is 0.212. The van der Waals surface area contributed by atoms with Crippen LogP contribution in [-0.4, -0.2) is 77.1 Å². The molecule has 0 spiro atoms. The van der Waals surface area contributed by atoms with E-state index >= 15 is 0 Å². The average molecular weight is 696 g/mol. The summed E-state index contributed by atoms with van der Waals surface area (Å²) in [5.41, 5.74) is -3.22. The molecule has 2 aromatic rings. The van der Waals surface area contributed by atoms with Gasteiger partial charge in [-0.15, -0.1) is 0 Å². The SMILES string of the molecule is O=C([O-])c1ccc(S(=O)(=O)O)cc1C(=O)[O-].O=C([O-])c1ccc(S(=O)(=O)O)cc1C(=O)[O-].[Pb]. The van der Waals surface area contributed by atoms with Crippen molar-refractivity contribution in [3.8, 4) is 0 Å². The Morgan fingerprint density at radius 1 is 0.545 bits per heavy atom. The molecule has 0 unspecified atom stereocenters. The van der Waals surface area contributed by atoms with Crippen molar-refractivity contribution in [3.63, 3.8) is 0 Å². The van der Waals surface area contributed by atoms with Gasteiger partial charge in [0, 0.05) is 49.6 Å². The van der Waals surface area contributed by atoms with Gasteiger partial charge in [-0.3, -0.25) is 9.11 Å². The number of benzene rings is 2. The van der Waals surface area contributed by atoms with Crippen molar-refractivity contribution in [2.24, 2.45) is 0 Å². The fourth-order valence-corrected chi connectivity index (χ4v) is 3.07. The normalized spacial score (nSPS) is 10.7. The monoisotopic (exact) mass is 696 g/mol. The molecule has 0 bridgehead atoms. The van der Waals surface area contributed by atoms with Gasteiger partial charge < -0.3 is 39.6 Å². The van der Waals surface area contributed by atoms with Crippen LogP contribution in [0.3, 0.4) is 0 Å². The van der Waals surface area contributed by atoms with Crippen LogP contribution in [0.1, 0.15) is 41.4 Å². The van der Waals surface area contributed by atoms with E-state index < -0.39 is 76.2 Å². The van der Waals surface area contributed by atoms with E-state index in [4.69, 9.17) is 9.11 Å². The van der Waals surface area contributed by atoms with E-state index in [9.17, 15) is 56.4 Å². The maximum atomic E-state index is 10.7. The summed E-state index contributed by atoms with van der Waals surface area (Å²) in [5, 5.41) is 42.0. The van der Waals surface area contributed by atoms with Gasteiger partial charge in [-0.1, -0.05) is 12.1 Å². The second-order valence-electron chi connectivity index (χ2n) is 5.51. The molecular weight excluding hydrogens is 687 g/mol. The molecule has 33 heavy (non-hydrogen) atoms. The molecule has 2 aromatic carbocycles. The third-order valence-corrected chi connectivity index (χ3v) is 5.16. The molecule has 0 fully saturated rings. The summed E-state index contributed by atoms with van der Waals surface area (Å²) in [6, 6.07) is 3.85. The minimum atomic E-state index is -4.61. The topological polar surface area (TPSA) is 269 Å². The first kappa shape index (κ1) is 30.1. The van der Waals surface area contributed by atoms with E-state index in [1.54, 1.807) is 0 Å². The van der Waals surface area contributed by atoms with E-state index in [2.05, 4.69) is 0 Å². The van der Waals surface area contributed by atoms with Gasteiger partial charge in [0.05, 0.1) is 33.7 Å². The third kappa shape index (κ3) is 8.16. The minimum Gasteiger partial charge on any atom is -0.545 e. The van der Waals surface area contributed by atoms with Crippen LogP contribution >= 0.6 is 0 Å². The Hall–Kier alpha value is -2.94. The number of aromatic carboxylic acids is 4. The third-order valence-electron chi connectivity index (χ3n) is 3.46. The van der Waals surface area contributed by atoms with Crippen LogP contribution < -0.4 is 20.4 Å². The predicted molar refractivity (Wildman–Crippen MR) is 95.6 cm³/mol. The summed E-state index contributed by atoms with van der Waals surface area (Å²) >= 11 is 0. The summed E-state index contributed by atoms with van der Waals surface area (Å²) in [6.45, 7) is 0. The molecular formula is C16H8O14PbS2-4. The van der Waals surface area contributed by atoms with Crippen molar-refractivity contribution in [1.82, 2.24) is 0 Å². The fourth-order valence-electron chi connectivity index (χ4n) is 2.06. The second kappa shape index (κ2) is 11.3. The van der Waals surface area contributed by atoms with Gasteiger partial charge in [0.1, 0.15) is 0 Å². The van der Waals surface area contributed by atoms with E-state index in [0.29, 0.717) is 24.3 Å². The molecule has 0 aliphatic heterocycles. The van der Waals surface area contributed by atoms with Gasteiger partial charge in [0.25, 0.3) is 20.2 Å². The molecule has 17 heteroatoms. The van der Waals surface area contributed by atoms with Crippen LogP contribution in [-0.2, 0) is 20.2 Å². The average Bonchev–Trinajstić information content (AvgIpc) is 2.65. The first-order chi connectivity index (χ1) is 14.5. The Kier molecular flexibility index (Phi) is 10.3. The molecule has 14 nitrogen and oxygen atoms in total. The summed E-state index contributed by atoms with van der Waals surface area (Å²) in [7, 11) is -9.21. The number of hydrogen-bond acceptors (Lipinski definition) is 12. The van der Waals surface area contributed by atoms with E-state index in [1.165, 1.54) is 0 Å². The van der Waals surface area contributed by atoms with Gasteiger partial charge in [-0.25, -0.2) is 0 Å². The van der Waals surface area contributed by atoms with Crippen molar-refractivity contribution in [2.45, 2.75) is 9.79 Å². The molecule has 0 aliphatic carbocycles. The number of rotatable bonds is 6. The molecule has 0 heterocycles. The maximum Gasteiger partial charge on any atom is 0.294 e. The van der Waals surface area contributed by atoms with Crippen molar-refractivity contribution >= 4 is 71.4 Å². The van der Waals surface area contributed by atoms with Gasteiger partial charge >= 0.3 is 0 Å². The van der Waals surface area contributed by atoms with E-state index in [0.717, 1.165) is 12.1 Å². The number of carboxylic acid groups (broad SMARTS) is 4. The van der Waals surface area contributed by atoms with Crippen LogP contribution in [0.25, 0.3) is 0 Å². The maximum absolute atomic E-state index is 10.7.